The SMILES string of the molecule is CCCc1oc(C2CCOCC2)cc1CN. The first kappa shape index (κ1) is 11.7. The normalized spacial score (nSPS) is 17.9. The van der Waals surface area contributed by atoms with E-state index in [0.717, 1.165) is 50.4 Å². The molecular formula is C13H21NO2. The van der Waals surface area contributed by atoms with Crippen molar-refractivity contribution in [3.05, 3.63) is 23.2 Å². The number of rotatable bonds is 4. The maximum atomic E-state index is 5.95. The van der Waals surface area contributed by atoms with Gasteiger partial charge in [-0.1, -0.05) is 6.92 Å². The molecular weight excluding hydrogens is 202 g/mol. The van der Waals surface area contributed by atoms with Gasteiger partial charge in [0.2, 0.25) is 0 Å². The molecule has 0 radical (unpaired) electrons. The smallest absolute Gasteiger partial charge is 0.108 e. The van der Waals surface area contributed by atoms with Gasteiger partial charge >= 0.3 is 0 Å². The summed E-state index contributed by atoms with van der Waals surface area (Å²) in [4.78, 5) is 0. The molecule has 2 heterocycles. The van der Waals surface area contributed by atoms with Gasteiger partial charge in [-0.2, -0.15) is 0 Å². The number of hydrogen-bond acceptors (Lipinski definition) is 3. The maximum absolute atomic E-state index is 5.95. The monoisotopic (exact) mass is 223 g/mol. The Labute approximate surface area is 97.0 Å². The summed E-state index contributed by atoms with van der Waals surface area (Å²) in [5, 5.41) is 0. The molecule has 3 nitrogen and oxygen atoms in total. The van der Waals surface area contributed by atoms with Crippen molar-refractivity contribution in [1.29, 1.82) is 0 Å². The lowest BCUT2D eigenvalue weighted by Crippen LogP contribution is -2.13. The first-order valence-electron chi connectivity index (χ1n) is 6.24. The number of furan rings is 1. The average molecular weight is 223 g/mol. The van der Waals surface area contributed by atoms with Crippen LogP contribution in [-0.2, 0) is 17.7 Å². The largest absolute Gasteiger partial charge is 0.465 e. The number of ether oxygens (including phenoxy) is 1. The minimum Gasteiger partial charge on any atom is -0.465 e. The van der Waals surface area contributed by atoms with E-state index in [0.29, 0.717) is 12.5 Å². The molecule has 0 unspecified atom stereocenters. The fraction of sp³-hybridized carbons (Fsp3) is 0.692. The van der Waals surface area contributed by atoms with Crippen molar-refractivity contribution in [3.63, 3.8) is 0 Å². The molecule has 1 aliphatic rings. The molecule has 0 bridgehead atoms. The highest BCUT2D eigenvalue weighted by Gasteiger charge is 2.21. The Morgan fingerprint density at radius 3 is 2.75 bits per heavy atom. The molecule has 0 aromatic carbocycles. The van der Waals surface area contributed by atoms with Crippen molar-refractivity contribution in [2.75, 3.05) is 13.2 Å². The molecule has 0 spiro atoms. The lowest BCUT2D eigenvalue weighted by Gasteiger charge is -2.19. The number of hydrogen-bond donors (Lipinski definition) is 1. The zero-order chi connectivity index (χ0) is 11.4. The second-order valence-corrected chi connectivity index (χ2v) is 4.44. The van der Waals surface area contributed by atoms with E-state index in [9.17, 15) is 0 Å². The Hall–Kier alpha value is -0.800. The van der Waals surface area contributed by atoms with Crippen molar-refractivity contribution >= 4 is 0 Å². The van der Waals surface area contributed by atoms with E-state index in [4.69, 9.17) is 14.9 Å². The topological polar surface area (TPSA) is 48.4 Å². The summed E-state index contributed by atoms with van der Waals surface area (Å²) in [5.74, 6) is 2.74. The summed E-state index contributed by atoms with van der Waals surface area (Å²) in [6.45, 7) is 4.46. The highest BCUT2D eigenvalue weighted by Crippen LogP contribution is 2.30. The molecule has 90 valence electrons. The van der Waals surface area contributed by atoms with Crippen LogP contribution in [0.15, 0.2) is 10.5 Å². The van der Waals surface area contributed by atoms with Gasteiger partial charge in [-0.3, -0.25) is 0 Å². The molecule has 1 saturated heterocycles. The average Bonchev–Trinajstić information content (AvgIpc) is 2.74. The molecule has 1 fully saturated rings. The van der Waals surface area contributed by atoms with Gasteiger partial charge in [0.1, 0.15) is 11.5 Å². The van der Waals surface area contributed by atoms with Crippen molar-refractivity contribution in [2.24, 2.45) is 5.73 Å². The first-order valence-corrected chi connectivity index (χ1v) is 6.24. The van der Waals surface area contributed by atoms with Gasteiger partial charge in [-0.25, -0.2) is 0 Å². The van der Waals surface area contributed by atoms with E-state index < -0.39 is 0 Å². The number of nitrogens with two attached hydrogens (primary N) is 1. The number of aryl methyl sites for hydroxylation is 1. The minimum absolute atomic E-state index is 0.532. The first-order chi connectivity index (χ1) is 7.85. The Kier molecular flexibility index (Phi) is 4.02. The van der Waals surface area contributed by atoms with Crippen molar-refractivity contribution in [1.82, 2.24) is 0 Å². The van der Waals surface area contributed by atoms with Gasteiger partial charge in [0.05, 0.1) is 0 Å². The zero-order valence-electron chi connectivity index (χ0n) is 10.00. The molecule has 1 aromatic heterocycles. The molecule has 1 aliphatic heterocycles. The second-order valence-electron chi connectivity index (χ2n) is 4.44. The summed E-state index contributed by atoms with van der Waals surface area (Å²) in [6.07, 6.45) is 4.25. The third-order valence-corrected chi connectivity index (χ3v) is 3.24. The Morgan fingerprint density at radius 2 is 2.12 bits per heavy atom. The van der Waals surface area contributed by atoms with Crippen molar-refractivity contribution in [2.45, 2.75) is 45.1 Å². The Bertz CT molecular complexity index is 327. The fourth-order valence-electron chi connectivity index (χ4n) is 2.28. The third-order valence-electron chi connectivity index (χ3n) is 3.24. The maximum Gasteiger partial charge on any atom is 0.108 e. The molecule has 0 amide bonds. The minimum atomic E-state index is 0.532. The lowest BCUT2D eigenvalue weighted by molar-refractivity contribution is 0.0804. The summed E-state index contributed by atoms with van der Waals surface area (Å²) in [7, 11) is 0. The van der Waals surface area contributed by atoms with Crippen LogP contribution < -0.4 is 5.73 Å². The summed E-state index contributed by atoms with van der Waals surface area (Å²) >= 11 is 0. The van der Waals surface area contributed by atoms with Gasteiger partial charge in [-0.15, -0.1) is 0 Å². The van der Waals surface area contributed by atoms with E-state index >= 15 is 0 Å². The summed E-state index contributed by atoms with van der Waals surface area (Å²) in [6, 6.07) is 2.15. The van der Waals surface area contributed by atoms with Crippen LogP contribution in [0.5, 0.6) is 0 Å². The van der Waals surface area contributed by atoms with Crippen LogP contribution in [0.4, 0.5) is 0 Å². The summed E-state index contributed by atoms with van der Waals surface area (Å²) in [5.41, 5.74) is 6.92. The van der Waals surface area contributed by atoms with E-state index in [2.05, 4.69) is 13.0 Å². The van der Waals surface area contributed by atoms with E-state index in [-0.39, 0.29) is 0 Å². The molecule has 1 aromatic rings. The van der Waals surface area contributed by atoms with Crippen LogP contribution in [0, 0.1) is 0 Å². The van der Waals surface area contributed by atoms with Crippen molar-refractivity contribution in [3.8, 4) is 0 Å². The van der Waals surface area contributed by atoms with Crippen LogP contribution in [-0.4, -0.2) is 13.2 Å². The Morgan fingerprint density at radius 1 is 1.38 bits per heavy atom. The van der Waals surface area contributed by atoms with Crippen LogP contribution in [0.3, 0.4) is 0 Å². The standard InChI is InChI=1S/C13H21NO2/c1-2-3-12-11(9-14)8-13(16-12)10-4-6-15-7-5-10/h8,10H,2-7,9,14H2,1H3. The van der Waals surface area contributed by atoms with E-state index in [1.165, 1.54) is 5.56 Å². The van der Waals surface area contributed by atoms with Gasteiger partial charge in [-0.05, 0) is 25.3 Å². The molecule has 16 heavy (non-hydrogen) atoms. The fourth-order valence-corrected chi connectivity index (χ4v) is 2.28. The van der Waals surface area contributed by atoms with Crippen LogP contribution in [0.25, 0.3) is 0 Å². The van der Waals surface area contributed by atoms with Gasteiger partial charge in [0.25, 0.3) is 0 Å². The highest BCUT2D eigenvalue weighted by molar-refractivity contribution is 5.24. The molecule has 2 N–H and O–H groups in total. The van der Waals surface area contributed by atoms with Crippen LogP contribution >= 0.6 is 0 Å². The Balaban J connectivity index is 2.14. The quantitative estimate of drug-likeness (QED) is 0.853. The lowest BCUT2D eigenvalue weighted by atomic mass is 9.97. The molecule has 3 heteroatoms. The second kappa shape index (κ2) is 5.51. The molecule has 2 rings (SSSR count). The van der Waals surface area contributed by atoms with Crippen molar-refractivity contribution < 1.29 is 9.15 Å². The summed E-state index contributed by atoms with van der Waals surface area (Å²) < 4.78 is 11.3. The van der Waals surface area contributed by atoms with Gasteiger partial charge < -0.3 is 14.9 Å². The van der Waals surface area contributed by atoms with Gasteiger partial charge in [0, 0.05) is 37.7 Å². The molecule has 0 atom stereocenters. The van der Waals surface area contributed by atoms with Crippen LogP contribution in [0.2, 0.25) is 0 Å². The van der Waals surface area contributed by atoms with Crippen LogP contribution in [0.1, 0.15) is 49.2 Å². The molecule has 0 saturated carbocycles. The molecule has 0 aliphatic carbocycles. The predicted octanol–water partition coefficient (Wildman–Crippen LogP) is 2.58. The third kappa shape index (κ3) is 2.47. The zero-order valence-corrected chi connectivity index (χ0v) is 10.00. The predicted molar refractivity (Wildman–Crippen MR) is 63.4 cm³/mol. The van der Waals surface area contributed by atoms with Gasteiger partial charge in [0.15, 0.2) is 0 Å². The van der Waals surface area contributed by atoms with E-state index in [1.807, 2.05) is 0 Å². The van der Waals surface area contributed by atoms with E-state index in [1.54, 1.807) is 0 Å². The highest BCUT2D eigenvalue weighted by atomic mass is 16.5.